The van der Waals surface area contributed by atoms with E-state index in [2.05, 4.69) is 11.1 Å². The molecule has 0 spiro atoms. The Morgan fingerprint density at radius 3 is 2.83 bits per heavy atom. The van der Waals surface area contributed by atoms with Crippen molar-refractivity contribution in [3.63, 3.8) is 0 Å². The maximum absolute atomic E-state index is 10.8. The summed E-state index contributed by atoms with van der Waals surface area (Å²) in [7, 11) is 0. The molecule has 0 aliphatic carbocycles. The molecule has 1 N–H and O–H groups in total. The second-order valence-corrected chi connectivity index (χ2v) is 3.89. The molecule has 1 aromatic carbocycles. The van der Waals surface area contributed by atoms with E-state index in [9.17, 15) is 4.79 Å². The van der Waals surface area contributed by atoms with Crippen molar-refractivity contribution >= 4 is 5.97 Å². The number of carboxylic acids is 1. The van der Waals surface area contributed by atoms with Gasteiger partial charge in [0, 0.05) is 6.20 Å². The number of imidazole rings is 1. The first kappa shape index (κ1) is 11.9. The molecule has 5 nitrogen and oxygen atoms in total. The van der Waals surface area contributed by atoms with Gasteiger partial charge in [0.2, 0.25) is 0 Å². The van der Waals surface area contributed by atoms with Crippen molar-refractivity contribution in [1.29, 1.82) is 5.26 Å². The van der Waals surface area contributed by atoms with E-state index in [-0.39, 0.29) is 11.7 Å². The number of nitriles is 1. The minimum Gasteiger partial charge on any atom is -0.476 e. The number of carbonyl (C=O) groups is 1. The van der Waals surface area contributed by atoms with Crippen LogP contribution in [0.5, 0.6) is 0 Å². The van der Waals surface area contributed by atoms with Gasteiger partial charge in [-0.25, -0.2) is 9.78 Å². The molecule has 90 valence electrons. The smallest absolute Gasteiger partial charge is 0.356 e. The minimum atomic E-state index is -1.06. The summed E-state index contributed by atoms with van der Waals surface area (Å²) >= 11 is 0. The molecular weight excluding hydrogens is 230 g/mol. The lowest BCUT2D eigenvalue weighted by Crippen LogP contribution is -2.06. The molecule has 0 radical (unpaired) electrons. The first-order valence-electron chi connectivity index (χ1n) is 5.39. The van der Waals surface area contributed by atoms with Crippen LogP contribution in [-0.4, -0.2) is 20.6 Å². The van der Waals surface area contributed by atoms with Gasteiger partial charge in [0.1, 0.15) is 0 Å². The lowest BCUT2D eigenvalue weighted by atomic mass is 10.0. The Morgan fingerprint density at radius 2 is 2.22 bits per heavy atom. The van der Waals surface area contributed by atoms with E-state index in [1.54, 1.807) is 16.7 Å². The van der Waals surface area contributed by atoms with Gasteiger partial charge >= 0.3 is 5.97 Å². The number of aromatic carboxylic acids is 1. The van der Waals surface area contributed by atoms with E-state index < -0.39 is 5.97 Å². The Balaban J connectivity index is 2.38. The van der Waals surface area contributed by atoms with Gasteiger partial charge in [0.25, 0.3) is 0 Å². The summed E-state index contributed by atoms with van der Waals surface area (Å²) in [4.78, 5) is 14.6. The second kappa shape index (κ2) is 4.72. The molecule has 1 heterocycles. The van der Waals surface area contributed by atoms with Gasteiger partial charge < -0.3 is 9.67 Å². The van der Waals surface area contributed by atoms with Crippen molar-refractivity contribution in [1.82, 2.24) is 9.55 Å². The first-order chi connectivity index (χ1) is 8.63. The molecule has 0 saturated carbocycles. The average molecular weight is 241 g/mol. The zero-order valence-electron chi connectivity index (χ0n) is 9.74. The van der Waals surface area contributed by atoms with E-state index in [1.165, 1.54) is 12.5 Å². The maximum atomic E-state index is 10.8. The van der Waals surface area contributed by atoms with Gasteiger partial charge in [-0.15, -0.1) is 0 Å². The summed E-state index contributed by atoms with van der Waals surface area (Å²) in [5.74, 6) is -1.06. The minimum absolute atomic E-state index is 0.00344. The molecule has 0 unspecified atom stereocenters. The number of benzene rings is 1. The molecule has 2 rings (SSSR count). The molecule has 2 aromatic rings. The fraction of sp³-hybridized carbons (Fsp3) is 0.154. The van der Waals surface area contributed by atoms with E-state index in [1.807, 2.05) is 19.1 Å². The van der Waals surface area contributed by atoms with Crippen molar-refractivity contribution in [2.45, 2.75) is 13.0 Å². The molecule has 1 atom stereocenters. The zero-order chi connectivity index (χ0) is 13.1. The molecule has 5 heteroatoms. The van der Waals surface area contributed by atoms with E-state index in [4.69, 9.17) is 10.4 Å². The summed E-state index contributed by atoms with van der Waals surface area (Å²) in [5.41, 5.74) is 1.42. The van der Waals surface area contributed by atoms with E-state index in [0.29, 0.717) is 5.56 Å². The second-order valence-electron chi connectivity index (χ2n) is 3.89. The summed E-state index contributed by atoms with van der Waals surface area (Å²) < 4.78 is 1.68. The molecule has 0 amide bonds. The summed E-state index contributed by atoms with van der Waals surface area (Å²) in [6.45, 7) is 1.89. The van der Waals surface area contributed by atoms with Gasteiger partial charge in [-0.2, -0.15) is 5.26 Å². The largest absolute Gasteiger partial charge is 0.476 e. The van der Waals surface area contributed by atoms with Crippen LogP contribution in [0.15, 0.2) is 36.8 Å². The highest BCUT2D eigenvalue weighted by Crippen LogP contribution is 2.21. The fourth-order valence-corrected chi connectivity index (χ4v) is 1.78. The highest BCUT2D eigenvalue weighted by Gasteiger charge is 2.14. The quantitative estimate of drug-likeness (QED) is 0.892. The SMILES string of the molecule is C[C@@H](c1ccccc1C#N)n1cnc(C(=O)O)c1. The van der Waals surface area contributed by atoms with Gasteiger partial charge in [0.05, 0.1) is 24.0 Å². The molecule has 0 aliphatic heterocycles. The van der Waals surface area contributed by atoms with Crippen LogP contribution in [0, 0.1) is 11.3 Å². The number of nitrogens with zero attached hydrogens (tertiary/aromatic N) is 3. The first-order valence-corrected chi connectivity index (χ1v) is 5.39. The summed E-state index contributed by atoms with van der Waals surface area (Å²) in [6, 6.07) is 9.22. The van der Waals surface area contributed by atoms with Crippen LogP contribution in [0.1, 0.15) is 34.6 Å². The fourth-order valence-electron chi connectivity index (χ4n) is 1.78. The Hall–Kier alpha value is -2.61. The summed E-state index contributed by atoms with van der Waals surface area (Å²) in [5, 5.41) is 17.9. The van der Waals surface area contributed by atoms with Crippen LogP contribution >= 0.6 is 0 Å². The molecule has 0 fully saturated rings. The number of hydrogen-bond acceptors (Lipinski definition) is 3. The zero-order valence-corrected chi connectivity index (χ0v) is 9.74. The van der Waals surface area contributed by atoms with Crippen LogP contribution < -0.4 is 0 Å². The Morgan fingerprint density at radius 1 is 1.50 bits per heavy atom. The normalized spacial score (nSPS) is 11.8. The molecule has 0 bridgehead atoms. The Kier molecular flexibility index (Phi) is 3.11. The highest BCUT2D eigenvalue weighted by atomic mass is 16.4. The van der Waals surface area contributed by atoms with Crippen molar-refractivity contribution in [2.75, 3.05) is 0 Å². The highest BCUT2D eigenvalue weighted by molar-refractivity contribution is 5.84. The van der Waals surface area contributed by atoms with Crippen molar-refractivity contribution in [3.05, 3.63) is 53.6 Å². The van der Waals surface area contributed by atoms with Gasteiger partial charge in [-0.3, -0.25) is 0 Å². The molecular formula is C13H11N3O2. The van der Waals surface area contributed by atoms with Gasteiger partial charge in [-0.05, 0) is 18.6 Å². The number of carboxylic acid groups (broad SMARTS) is 1. The molecule has 0 saturated heterocycles. The van der Waals surface area contributed by atoms with E-state index >= 15 is 0 Å². The monoisotopic (exact) mass is 241 g/mol. The van der Waals surface area contributed by atoms with Crippen molar-refractivity contribution < 1.29 is 9.90 Å². The van der Waals surface area contributed by atoms with Gasteiger partial charge in [0.15, 0.2) is 5.69 Å². The third-order valence-corrected chi connectivity index (χ3v) is 2.80. The standard InChI is InChI=1S/C13H11N3O2/c1-9(11-5-3-2-4-10(11)6-14)16-7-12(13(17)18)15-8-16/h2-5,7-9H,1H3,(H,17,18)/t9-/m0/s1. The van der Waals surface area contributed by atoms with Crippen LogP contribution in [0.3, 0.4) is 0 Å². The lowest BCUT2D eigenvalue weighted by Gasteiger charge is -2.14. The third-order valence-electron chi connectivity index (χ3n) is 2.80. The van der Waals surface area contributed by atoms with Gasteiger partial charge in [-0.1, -0.05) is 18.2 Å². The third kappa shape index (κ3) is 2.09. The number of hydrogen-bond donors (Lipinski definition) is 1. The Bertz CT molecular complexity index is 625. The van der Waals surface area contributed by atoms with Crippen molar-refractivity contribution in [2.24, 2.45) is 0 Å². The van der Waals surface area contributed by atoms with E-state index in [0.717, 1.165) is 5.56 Å². The van der Waals surface area contributed by atoms with Crippen LogP contribution in [0.25, 0.3) is 0 Å². The number of aromatic nitrogens is 2. The predicted octanol–water partition coefficient (Wildman–Crippen LogP) is 2.06. The lowest BCUT2D eigenvalue weighted by molar-refractivity contribution is 0.0691. The van der Waals surface area contributed by atoms with Crippen molar-refractivity contribution in [3.8, 4) is 6.07 Å². The summed E-state index contributed by atoms with van der Waals surface area (Å²) in [6.07, 6.45) is 2.92. The topological polar surface area (TPSA) is 78.9 Å². The predicted molar refractivity (Wildman–Crippen MR) is 64.2 cm³/mol. The Labute approximate surface area is 104 Å². The molecule has 1 aromatic heterocycles. The molecule has 0 aliphatic rings. The molecule has 18 heavy (non-hydrogen) atoms. The van der Waals surface area contributed by atoms with Crippen LogP contribution in [-0.2, 0) is 0 Å². The van der Waals surface area contributed by atoms with Crippen LogP contribution in [0.2, 0.25) is 0 Å². The average Bonchev–Trinajstić information content (AvgIpc) is 2.87. The van der Waals surface area contributed by atoms with Crippen LogP contribution in [0.4, 0.5) is 0 Å². The number of rotatable bonds is 3. The maximum Gasteiger partial charge on any atom is 0.356 e.